The van der Waals surface area contributed by atoms with Crippen molar-refractivity contribution in [1.82, 2.24) is 15.3 Å². The van der Waals surface area contributed by atoms with Crippen LogP contribution in [0.1, 0.15) is 35.1 Å². The van der Waals surface area contributed by atoms with Gasteiger partial charge in [-0.25, -0.2) is 0 Å². The lowest BCUT2D eigenvalue weighted by Crippen LogP contribution is -2.36. The molecule has 4 N–H and O–H groups in total. The summed E-state index contributed by atoms with van der Waals surface area (Å²) in [5.41, 5.74) is 1.87. The second kappa shape index (κ2) is 9.96. The molecule has 0 radical (unpaired) electrons. The maximum Gasteiger partial charge on any atom is 0.251 e. The number of aromatic nitrogens is 2. The minimum absolute atomic E-state index is 0.0651. The SMILES string of the molecule is CC[C@@H](Cc1cnc(C[C@H](O)[C@H](O)CO)cn1)NC(=O)c1ccccc1. The van der Waals surface area contributed by atoms with Crippen molar-refractivity contribution in [3.63, 3.8) is 0 Å². The Bertz CT molecular complexity index is 679. The molecule has 7 nitrogen and oxygen atoms in total. The number of aliphatic hydroxyl groups excluding tert-OH is 3. The summed E-state index contributed by atoms with van der Waals surface area (Å²) in [6.07, 6.45) is 2.26. The summed E-state index contributed by atoms with van der Waals surface area (Å²) in [6, 6.07) is 8.97. The third-order valence-corrected chi connectivity index (χ3v) is 4.13. The summed E-state index contributed by atoms with van der Waals surface area (Å²) in [7, 11) is 0. The van der Waals surface area contributed by atoms with E-state index in [4.69, 9.17) is 5.11 Å². The van der Waals surface area contributed by atoms with Gasteiger partial charge in [0.05, 0.1) is 24.1 Å². The monoisotopic (exact) mass is 359 g/mol. The molecule has 0 saturated heterocycles. The Kier molecular flexibility index (Phi) is 7.65. The predicted octanol–water partition coefficient (Wildman–Crippen LogP) is 0.484. The van der Waals surface area contributed by atoms with E-state index in [1.165, 1.54) is 6.20 Å². The Morgan fingerprint density at radius 1 is 1.04 bits per heavy atom. The number of nitrogens with one attached hydrogen (secondary N) is 1. The van der Waals surface area contributed by atoms with Gasteiger partial charge in [0.15, 0.2) is 0 Å². The van der Waals surface area contributed by atoms with Gasteiger partial charge in [-0.1, -0.05) is 25.1 Å². The summed E-state index contributed by atoms with van der Waals surface area (Å²) in [4.78, 5) is 20.8. The van der Waals surface area contributed by atoms with E-state index in [-0.39, 0.29) is 18.4 Å². The van der Waals surface area contributed by atoms with Crippen LogP contribution < -0.4 is 5.32 Å². The molecule has 1 amide bonds. The molecule has 0 saturated carbocycles. The van der Waals surface area contributed by atoms with Crippen molar-refractivity contribution in [2.75, 3.05) is 6.61 Å². The Morgan fingerprint density at radius 2 is 1.65 bits per heavy atom. The first-order chi connectivity index (χ1) is 12.5. The van der Waals surface area contributed by atoms with Crippen LogP contribution in [-0.4, -0.2) is 56.1 Å². The molecular weight excluding hydrogens is 334 g/mol. The number of hydrogen-bond donors (Lipinski definition) is 4. The first-order valence-electron chi connectivity index (χ1n) is 8.66. The van der Waals surface area contributed by atoms with Crippen molar-refractivity contribution < 1.29 is 20.1 Å². The molecule has 0 bridgehead atoms. The number of hydrogen-bond acceptors (Lipinski definition) is 6. The van der Waals surface area contributed by atoms with E-state index in [2.05, 4.69) is 15.3 Å². The van der Waals surface area contributed by atoms with Gasteiger partial charge in [-0.05, 0) is 18.6 Å². The molecule has 0 fully saturated rings. The Labute approximate surface area is 152 Å². The van der Waals surface area contributed by atoms with Crippen LogP contribution in [0.25, 0.3) is 0 Å². The zero-order valence-corrected chi connectivity index (χ0v) is 14.7. The van der Waals surface area contributed by atoms with Crippen LogP contribution in [0.5, 0.6) is 0 Å². The van der Waals surface area contributed by atoms with E-state index in [1.807, 2.05) is 25.1 Å². The maximum atomic E-state index is 12.3. The fraction of sp³-hybridized carbons (Fsp3) is 0.421. The van der Waals surface area contributed by atoms with Gasteiger partial charge < -0.3 is 20.6 Å². The summed E-state index contributed by atoms with van der Waals surface area (Å²) < 4.78 is 0. The molecule has 140 valence electrons. The highest BCUT2D eigenvalue weighted by atomic mass is 16.4. The summed E-state index contributed by atoms with van der Waals surface area (Å²) in [5, 5.41) is 30.9. The Morgan fingerprint density at radius 3 is 2.19 bits per heavy atom. The van der Waals surface area contributed by atoms with Crippen LogP contribution in [-0.2, 0) is 12.8 Å². The van der Waals surface area contributed by atoms with E-state index in [9.17, 15) is 15.0 Å². The number of nitrogens with zero attached hydrogens (tertiary/aromatic N) is 2. The van der Waals surface area contributed by atoms with Gasteiger partial charge >= 0.3 is 0 Å². The molecule has 26 heavy (non-hydrogen) atoms. The van der Waals surface area contributed by atoms with Crippen molar-refractivity contribution in [3.05, 3.63) is 59.7 Å². The molecule has 1 aromatic carbocycles. The second-order valence-electron chi connectivity index (χ2n) is 6.17. The number of carbonyl (C=O) groups is 1. The number of aliphatic hydroxyl groups is 3. The van der Waals surface area contributed by atoms with E-state index >= 15 is 0 Å². The molecular formula is C19H25N3O4. The van der Waals surface area contributed by atoms with Gasteiger partial charge in [-0.15, -0.1) is 0 Å². The largest absolute Gasteiger partial charge is 0.394 e. The zero-order chi connectivity index (χ0) is 18.9. The fourth-order valence-electron chi connectivity index (χ4n) is 2.47. The van der Waals surface area contributed by atoms with Crippen molar-refractivity contribution in [3.8, 4) is 0 Å². The Hall–Kier alpha value is -2.35. The molecule has 2 aromatic rings. The molecule has 2 rings (SSSR count). The number of benzene rings is 1. The molecule has 1 aromatic heterocycles. The Balaban J connectivity index is 1.92. The summed E-state index contributed by atoms with van der Waals surface area (Å²) in [5.74, 6) is -0.122. The first-order valence-corrected chi connectivity index (χ1v) is 8.66. The molecule has 3 atom stereocenters. The van der Waals surface area contributed by atoms with Crippen LogP contribution in [0.2, 0.25) is 0 Å². The third-order valence-electron chi connectivity index (χ3n) is 4.13. The normalized spacial score (nSPS) is 14.5. The molecule has 0 aliphatic heterocycles. The molecule has 0 spiro atoms. The highest BCUT2D eigenvalue weighted by molar-refractivity contribution is 5.94. The van der Waals surface area contributed by atoms with E-state index in [0.29, 0.717) is 17.7 Å². The van der Waals surface area contributed by atoms with E-state index < -0.39 is 18.8 Å². The molecule has 0 aliphatic rings. The van der Waals surface area contributed by atoms with Crippen LogP contribution in [0, 0.1) is 0 Å². The van der Waals surface area contributed by atoms with Crippen molar-refractivity contribution in [2.45, 2.75) is 44.4 Å². The zero-order valence-electron chi connectivity index (χ0n) is 14.7. The number of rotatable bonds is 9. The standard InChI is InChI=1S/C19H25N3O4/c1-2-14(22-19(26)13-6-4-3-5-7-13)8-15-10-21-16(11-20-15)9-17(24)18(25)12-23/h3-7,10-11,14,17-18,23-25H,2,8-9,12H2,1H3,(H,22,26)/t14-,17-,18+/m0/s1. The van der Waals surface area contributed by atoms with Gasteiger partial charge in [0.25, 0.3) is 5.91 Å². The molecule has 7 heteroatoms. The van der Waals surface area contributed by atoms with Gasteiger partial charge in [-0.2, -0.15) is 0 Å². The van der Waals surface area contributed by atoms with E-state index in [0.717, 1.165) is 12.1 Å². The molecule has 0 unspecified atom stereocenters. The highest BCUT2D eigenvalue weighted by Gasteiger charge is 2.17. The average molecular weight is 359 g/mol. The third kappa shape index (κ3) is 5.87. The van der Waals surface area contributed by atoms with E-state index in [1.54, 1.807) is 18.3 Å². The van der Waals surface area contributed by atoms with Gasteiger partial charge in [-0.3, -0.25) is 14.8 Å². The number of amides is 1. The van der Waals surface area contributed by atoms with Crippen molar-refractivity contribution >= 4 is 5.91 Å². The first kappa shape index (κ1) is 20.0. The summed E-state index contributed by atoms with van der Waals surface area (Å²) in [6.45, 7) is 1.48. The van der Waals surface area contributed by atoms with Crippen molar-refractivity contribution in [2.24, 2.45) is 0 Å². The lowest BCUT2D eigenvalue weighted by Gasteiger charge is -2.17. The van der Waals surface area contributed by atoms with Crippen LogP contribution in [0.4, 0.5) is 0 Å². The van der Waals surface area contributed by atoms with Crippen LogP contribution >= 0.6 is 0 Å². The van der Waals surface area contributed by atoms with Crippen LogP contribution in [0.3, 0.4) is 0 Å². The summed E-state index contributed by atoms with van der Waals surface area (Å²) >= 11 is 0. The maximum absolute atomic E-state index is 12.3. The molecule has 1 heterocycles. The smallest absolute Gasteiger partial charge is 0.251 e. The fourth-order valence-corrected chi connectivity index (χ4v) is 2.47. The van der Waals surface area contributed by atoms with Crippen molar-refractivity contribution in [1.29, 1.82) is 0 Å². The lowest BCUT2D eigenvalue weighted by molar-refractivity contribution is -0.0137. The second-order valence-corrected chi connectivity index (χ2v) is 6.17. The van der Waals surface area contributed by atoms with Gasteiger partial charge in [0, 0.05) is 36.8 Å². The van der Waals surface area contributed by atoms with Gasteiger partial charge in [0.1, 0.15) is 6.10 Å². The van der Waals surface area contributed by atoms with Crippen LogP contribution in [0.15, 0.2) is 42.7 Å². The lowest BCUT2D eigenvalue weighted by atomic mass is 10.1. The topological polar surface area (TPSA) is 116 Å². The highest BCUT2D eigenvalue weighted by Crippen LogP contribution is 2.07. The molecule has 0 aliphatic carbocycles. The number of carbonyl (C=O) groups excluding carboxylic acids is 1. The predicted molar refractivity (Wildman–Crippen MR) is 96.5 cm³/mol. The van der Waals surface area contributed by atoms with Gasteiger partial charge in [0.2, 0.25) is 0 Å². The quantitative estimate of drug-likeness (QED) is 0.518. The minimum atomic E-state index is -1.20. The average Bonchev–Trinajstić information content (AvgIpc) is 2.68. The minimum Gasteiger partial charge on any atom is -0.394 e.